The third-order valence-corrected chi connectivity index (χ3v) is 5.71. The lowest BCUT2D eigenvalue weighted by Gasteiger charge is -2.32. The van der Waals surface area contributed by atoms with E-state index in [1.165, 1.54) is 70.1 Å². The number of halogens is 1. The maximum atomic E-state index is 6.25. The number of hydrogen-bond acceptors (Lipinski definition) is 3. The van der Waals surface area contributed by atoms with Crippen LogP contribution in [0.25, 0.3) is 0 Å². The number of rotatable bonds is 7. The standard InChI is InChI=1S/C22H36N4O.HI/c1-3-14-26-15-12-19(13-16-26)25-22(23-2)24-17-18-8-4-7-11-21(18)27-20-9-5-6-10-20;/h4,7-8,11,19-20H,3,5-6,9-10,12-17H2,1-2H3,(H2,23,24,25);1H. The molecule has 158 valence electrons. The maximum absolute atomic E-state index is 6.25. The highest BCUT2D eigenvalue weighted by Crippen LogP contribution is 2.26. The fraction of sp³-hybridized carbons (Fsp3) is 0.682. The Morgan fingerprint density at radius 1 is 1.14 bits per heavy atom. The van der Waals surface area contributed by atoms with Crippen LogP contribution >= 0.6 is 24.0 Å². The third-order valence-electron chi connectivity index (χ3n) is 5.71. The summed E-state index contributed by atoms with van der Waals surface area (Å²) in [6.07, 6.45) is 8.94. The zero-order chi connectivity index (χ0) is 18.9. The summed E-state index contributed by atoms with van der Waals surface area (Å²) in [5.74, 6) is 1.90. The molecular formula is C22H37IN4O. The van der Waals surface area contributed by atoms with E-state index in [-0.39, 0.29) is 24.0 Å². The predicted molar refractivity (Wildman–Crippen MR) is 128 cm³/mol. The van der Waals surface area contributed by atoms with Gasteiger partial charge in [0.25, 0.3) is 0 Å². The zero-order valence-corrected chi connectivity index (χ0v) is 19.8. The van der Waals surface area contributed by atoms with Crippen LogP contribution in [-0.2, 0) is 6.54 Å². The van der Waals surface area contributed by atoms with Gasteiger partial charge in [0.05, 0.1) is 6.10 Å². The van der Waals surface area contributed by atoms with Crippen LogP contribution in [0, 0.1) is 0 Å². The Morgan fingerprint density at radius 2 is 1.86 bits per heavy atom. The van der Waals surface area contributed by atoms with Gasteiger partial charge in [0.1, 0.15) is 5.75 Å². The van der Waals surface area contributed by atoms with Crippen molar-refractivity contribution in [1.29, 1.82) is 0 Å². The van der Waals surface area contributed by atoms with Gasteiger partial charge in [-0.15, -0.1) is 24.0 Å². The fourth-order valence-electron chi connectivity index (χ4n) is 4.13. The van der Waals surface area contributed by atoms with Crippen molar-refractivity contribution in [3.63, 3.8) is 0 Å². The molecule has 2 N–H and O–H groups in total. The van der Waals surface area contributed by atoms with Crippen LogP contribution in [0.2, 0.25) is 0 Å². The fourth-order valence-corrected chi connectivity index (χ4v) is 4.13. The van der Waals surface area contributed by atoms with E-state index < -0.39 is 0 Å². The first-order valence-electron chi connectivity index (χ1n) is 10.7. The van der Waals surface area contributed by atoms with Crippen molar-refractivity contribution < 1.29 is 4.74 Å². The second-order valence-corrected chi connectivity index (χ2v) is 7.82. The van der Waals surface area contributed by atoms with Gasteiger partial charge in [0.2, 0.25) is 0 Å². The Kier molecular flexibility index (Phi) is 10.4. The molecule has 2 fully saturated rings. The van der Waals surface area contributed by atoms with E-state index in [1.54, 1.807) is 0 Å². The topological polar surface area (TPSA) is 48.9 Å². The summed E-state index contributed by atoms with van der Waals surface area (Å²) in [6, 6.07) is 8.89. The van der Waals surface area contributed by atoms with Crippen molar-refractivity contribution in [3.8, 4) is 5.75 Å². The molecule has 0 unspecified atom stereocenters. The lowest BCUT2D eigenvalue weighted by molar-refractivity contribution is 0.206. The normalized spacial score (nSPS) is 19.3. The van der Waals surface area contributed by atoms with E-state index in [0.29, 0.717) is 12.1 Å². The van der Waals surface area contributed by atoms with Crippen LogP contribution < -0.4 is 15.4 Å². The summed E-state index contributed by atoms with van der Waals surface area (Å²) in [7, 11) is 1.85. The molecule has 0 radical (unpaired) electrons. The van der Waals surface area contributed by atoms with Gasteiger partial charge in [-0.2, -0.15) is 0 Å². The van der Waals surface area contributed by atoms with E-state index in [0.717, 1.165) is 18.3 Å². The van der Waals surface area contributed by atoms with Crippen LogP contribution in [-0.4, -0.2) is 49.7 Å². The van der Waals surface area contributed by atoms with E-state index in [1.807, 2.05) is 7.05 Å². The Balaban J connectivity index is 0.00000280. The molecular weight excluding hydrogens is 463 g/mol. The molecule has 3 rings (SSSR count). The number of likely N-dealkylation sites (tertiary alicyclic amines) is 1. The molecule has 2 aliphatic rings. The van der Waals surface area contributed by atoms with Gasteiger partial charge in [-0.05, 0) is 57.6 Å². The summed E-state index contributed by atoms with van der Waals surface area (Å²) in [6.45, 7) is 6.57. The molecule has 1 aromatic carbocycles. The highest BCUT2D eigenvalue weighted by Gasteiger charge is 2.20. The molecule has 0 amide bonds. The van der Waals surface area contributed by atoms with Crippen molar-refractivity contribution >= 4 is 29.9 Å². The van der Waals surface area contributed by atoms with Crippen LogP contribution in [0.5, 0.6) is 5.75 Å². The molecule has 0 bridgehead atoms. The maximum Gasteiger partial charge on any atom is 0.191 e. The Morgan fingerprint density at radius 3 is 2.54 bits per heavy atom. The number of piperidine rings is 1. The van der Waals surface area contributed by atoms with E-state index in [2.05, 4.69) is 51.7 Å². The van der Waals surface area contributed by atoms with Crippen molar-refractivity contribution in [3.05, 3.63) is 29.8 Å². The molecule has 1 heterocycles. The molecule has 6 heteroatoms. The number of aliphatic imine (C=N–C) groups is 1. The molecule has 1 saturated heterocycles. The molecule has 1 saturated carbocycles. The van der Waals surface area contributed by atoms with Gasteiger partial charge in [0.15, 0.2) is 5.96 Å². The summed E-state index contributed by atoms with van der Waals surface area (Å²) in [4.78, 5) is 6.99. The number of hydrogen-bond donors (Lipinski definition) is 2. The Hall–Kier alpha value is -1.02. The van der Waals surface area contributed by atoms with Gasteiger partial charge >= 0.3 is 0 Å². The number of benzene rings is 1. The van der Waals surface area contributed by atoms with Crippen molar-refractivity contribution in [2.24, 2.45) is 4.99 Å². The second-order valence-electron chi connectivity index (χ2n) is 7.82. The van der Waals surface area contributed by atoms with Gasteiger partial charge in [0, 0.05) is 38.3 Å². The van der Waals surface area contributed by atoms with Crippen molar-refractivity contribution in [2.75, 3.05) is 26.7 Å². The Bertz CT molecular complexity index is 596. The van der Waals surface area contributed by atoms with Crippen LogP contribution in [0.3, 0.4) is 0 Å². The summed E-state index contributed by atoms with van der Waals surface area (Å²) in [5, 5.41) is 7.08. The first kappa shape index (κ1) is 23.3. The number of ether oxygens (including phenoxy) is 1. The number of nitrogens with zero attached hydrogens (tertiary/aromatic N) is 2. The first-order chi connectivity index (χ1) is 13.3. The summed E-state index contributed by atoms with van der Waals surface area (Å²) in [5.41, 5.74) is 1.20. The molecule has 1 aliphatic carbocycles. The monoisotopic (exact) mass is 500 g/mol. The summed E-state index contributed by atoms with van der Waals surface area (Å²) >= 11 is 0. The van der Waals surface area contributed by atoms with Gasteiger partial charge in [-0.25, -0.2) is 0 Å². The van der Waals surface area contributed by atoms with E-state index in [4.69, 9.17) is 4.74 Å². The van der Waals surface area contributed by atoms with Gasteiger partial charge < -0.3 is 20.3 Å². The second kappa shape index (κ2) is 12.5. The minimum atomic E-state index is 0. The molecule has 28 heavy (non-hydrogen) atoms. The molecule has 0 atom stereocenters. The number of guanidine groups is 1. The van der Waals surface area contributed by atoms with Crippen molar-refractivity contribution in [2.45, 2.75) is 70.6 Å². The molecule has 0 aromatic heterocycles. The number of nitrogens with one attached hydrogen (secondary N) is 2. The zero-order valence-electron chi connectivity index (χ0n) is 17.5. The first-order valence-corrected chi connectivity index (χ1v) is 10.7. The van der Waals surface area contributed by atoms with Gasteiger partial charge in [-0.3, -0.25) is 4.99 Å². The van der Waals surface area contributed by atoms with Crippen LogP contribution in [0.15, 0.2) is 29.3 Å². The van der Waals surface area contributed by atoms with E-state index >= 15 is 0 Å². The highest BCUT2D eigenvalue weighted by molar-refractivity contribution is 14.0. The lowest BCUT2D eigenvalue weighted by atomic mass is 10.1. The molecule has 5 nitrogen and oxygen atoms in total. The average molecular weight is 500 g/mol. The average Bonchev–Trinajstić information content (AvgIpc) is 3.21. The molecule has 0 spiro atoms. The largest absolute Gasteiger partial charge is 0.490 e. The van der Waals surface area contributed by atoms with Crippen LogP contribution in [0.4, 0.5) is 0 Å². The predicted octanol–water partition coefficient (Wildman–Crippen LogP) is 4.17. The smallest absolute Gasteiger partial charge is 0.191 e. The van der Waals surface area contributed by atoms with Crippen LogP contribution in [0.1, 0.15) is 57.4 Å². The van der Waals surface area contributed by atoms with E-state index in [9.17, 15) is 0 Å². The Labute approximate surface area is 187 Å². The quantitative estimate of drug-likeness (QED) is 0.335. The van der Waals surface area contributed by atoms with Crippen molar-refractivity contribution in [1.82, 2.24) is 15.5 Å². The highest BCUT2D eigenvalue weighted by atomic mass is 127. The molecule has 1 aromatic rings. The minimum Gasteiger partial charge on any atom is -0.490 e. The third kappa shape index (κ3) is 7.10. The molecule has 1 aliphatic heterocycles. The summed E-state index contributed by atoms with van der Waals surface area (Å²) < 4.78 is 6.25. The lowest BCUT2D eigenvalue weighted by Crippen LogP contribution is -2.48. The number of para-hydroxylation sites is 1. The minimum absolute atomic E-state index is 0. The van der Waals surface area contributed by atoms with Gasteiger partial charge in [-0.1, -0.05) is 25.1 Å². The SMILES string of the molecule is CCCN1CCC(NC(=NC)NCc2ccccc2OC2CCCC2)CC1.I.